The number of fused-ring (bicyclic) bond motifs is 1. The van der Waals surface area contributed by atoms with Crippen LogP contribution in [0.4, 0.5) is 26.4 Å². The fraction of sp³-hybridized carbons (Fsp3) is 0.400. The zero-order chi connectivity index (χ0) is 29.1. The maximum absolute atomic E-state index is 15.1. The lowest BCUT2D eigenvalue weighted by Gasteiger charge is -2.44. The Hall–Kier alpha value is -3.83. The number of rotatable bonds is 9. The van der Waals surface area contributed by atoms with Crippen LogP contribution < -0.4 is 29.8 Å². The quantitative estimate of drug-likeness (QED) is 0.312. The normalized spacial score (nSPS) is 18.6. The third kappa shape index (κ3) is 6.11. The number of aryl methyl sites for hydroxylation is 1. The number of nitrogens with one attached hydrogen (secondary N) is 2. The van der Waals surface area contributed by atoms with Crippen molar-refractivity contribution in [3.05, 3.63) is 71.2 Å². The van der Waals surface area contributed by atoms with Crippen LogP contribution in [0.3, 0.4) is 0 Å². The molecule has 1 aliphatic heterocycles. The summed E-state index contributed by atoms with van der Waals surface area (Å²) in [6.45, 7) is 4.19. The van der Waals surface area contributed by atoms with Gasteiger partial charge in [-0.2, -0.15) is 0 Å². The van der Waals surface area contributed by atoms with Crippen molar-refractivity contribution < 1.29 is 23.7 Å². The molecule has 0 bridgehead atoms. The summed E-state index contributed by atoms with van der Waals surface area (Å²) >= 11 is 0. The van der Waals surface area contributed by atoms with E-state index in [0.29, 0.717) is 35.8 Å². The van der Waals surface area contributed by atoms with Gasteiger partial charge in [-0.15, -0.1) is 0 Å². The summed E-state index contributed by atoms with van der Waals surface area (Å²) in [5.41, 5.74) is 3.52. The Morgan fingerprint density at radius 1 is 1.17 bits per heavy atom. The molecule has 3 aromatic rings. The fourth-order valence-electron chi connectivity index (χ4n) is 5.95. The number of anilines is 3. The number of benzene rings is 2. The van der Waals surface area contributed by atoms with Gasteiger partial charge in [-0.05, 0) is 63.2 Å². The van der Waals surface area contributed by atoms with Crippen LogP contribution in [0.25, 0.3) is 0 Å². The second kappa shape index (κ2) is 12.4. The van der Waals surface area contributed by atoms with Crippen molar-refractivity contribution >= 4 is 30.3 Å². The summed E-state index contributed by atoms with van der Waals surface area (Å²) in [5.74, 6) is 1.58. The highest BCUT2D eigenvalue weighted by molar-refractivity contribution is 6.45. The first-order chi connectivity index (χ1) is 19.8. The molecule has 2 heterocycles. The lowest BCUT2D eigenvalue weighted by molar-refractivity contribution is 0.242. The second-order valence-electron chi connectivity index (χ2n) is 10.7. The van der Waals surface area contributed by atoms with Crippen molar-refractivity contribution in [1.29, 1.82) is 0 Å². The van der Waals surface area contributed by atoms with Gasteiger partial charge >= 0.3 is 13.1 Å². The molecule has 1 aliphatic carbocycles. The number of pyridine rings is 1. The van der Waals surface area contributed by atoms with E-state index in [2.05, 4.69) is 15.5 Å². The molecule has 216 valence electrons. The molecule has 0 radical (unpaired) electrons. The number of nitrogens with zero attached hydrogens (tertiary/aromatic N) is 3. The average molecular weight is 561 g/mol. The van der Waals surface area contributed by atoms with Gasteiger partial charge in [0.25, 0.3) is 0 Å². The van der Waals surface area contributed by atoms with Gasteiger partial charge in [-0.3, -0.25) is 9.80 Å². The van der Waals surface area contributed by atoms with Gasteiger partial charge < -0.3 is 25.0 Å². The Morgan fingerprint density at radius 2 is 2.00 bits per heavy atom. The molecular formula is C30H37BFN5O4. The maximum atomic E-state index is 15.1. The van der Waals surface area contributed by atoms with Crippen LogP contribution in [0.2, 0.25) is 6.82 Å². The average Bonchev–Trinajstić information content (AvgIpc) is 2.96. The van der Waals surface area contributed by atoms with E-state index < -0.39 is 12.9 Å². The van der Waals surface area contributed by atoms with Crippen LogP contribution in [0.1, 0.15) is 42.4 Å². The highest BCUT2D eigenvalue weighted by atomic mass is 19.1. The molecule has 5 rings (SSSR count). The number of halogens is 1. The van der Waals surface area contributed by atoms with E-state index in [9.17, 15) is 9.82 Å². The topological polar surface area (TPSA) is 99.2 Å². The second-order valence-corrected chi connectivity index (χ2v) is 10.7. The summed E-state index contributed by atoms with van der Waals surface area (Å²) in [5, 5.41) is 16.5. The number of carbonyl (C=O) groups excluding carboxylic acids is 1. The minimum absolute atomic E-state index is 0.0672. The van der Waals surface area contributed by atoms with E-state index in [0.717, 1.165) is 36.1 Å². The summed E-state index contributed by atoms with van der Waals surface area (Å²) in [7, 11) is 2.59. The first-order valence-electron chi connectivity index (χ1n) is 14.0. The summed E-state index contributed by atoms with van der Waals surface area (Å²) in [6, 6.07) is 12.1. The lowest BCUT2D eigenvalue weighted by Crippen LogP contribution is -2.55. The minimum atomic E-state index is -0.643. The van der Waals surface area contributed by atoms with Gasteiger partial charge in [0, 0.05) is 48.1 Å². The van der Waals surface area contributed by atoms with Crippen molar-refractivity contribution in [2.24, 2.45) is 0 Å². The van der Waals surface area contributed by atoms with Crippen molar-refractivity contribution in [3.63, 3.8) is 0 Å². The Balaban J connectivity index is 1.48. The SMILES string of the molecule is COc1ccc(CNc2cc3c(cn2)CN(c2c(C)cccc2F)C(=O)N3C2CCCC(NB(C)O)C2)c(OC)c1. The first kappa shape index (κ1) is 28.7. The molecule has 3 N–H and O–H groups in total. The number of urea groups is 1. The number of hydrogen-bond acceptors (Lipinski definition) is 7. The third-order valence-corrected chi connectivity index (χ3v) is 7.89. The minimum Gasteiger partial charge on any atom is -0.497 e. The van der Waals surface area contributed by atoms with E-state index in [4.69, 9.17) is 9.47 Å². The Morgan fingerprint density at radius 3 is 2.73 bits per heavy atom. The van der Waals surface area contributed by atoms with Crippen LogP contribution in [-0.2, 0) is 13.1 Å². The summed E-state index contributed by atoms with van der Waals surface area (Å²) in [4.78, 5) is 22.2. The van der Waals surface area contributed by atoms with Crippen molar-refractivity contribution in [2.45, 2.75) is 64.6 Å². The highest BCUT2D eigenvalue weighted by Gasteiger charge is 2.39. The maximum Gasteiger partial charge on any atom is 0.373 e. The molecule has 9 nitrogen and oxygen atoms in total. The van der Waals surface area contributed by atoms with Gasteiger partial charge in [0.05, 0.1) is 32.1 Å². The highest BCUT2D eigenvalue weighted by Crippen LogP contribution is 2.39. The third-order valence-electron chi connectivity index (χ3n) is 7.89. The molecular weight excluding hydrogens is 524 g/mol. The number of amides is 2. The van der Waals surface area contributed by atoms with Gasteiger partial charge in [0.1, 0.15) is 23.1 Å². The predicted octanol–water partition coefficient (Wildman–Crippen LogP) is 5.12. The van der Waals surface area contributed by atoms with Gasteiger partial charge in [-0.1, -0.05) is 12.1 Å². The van der Waals surface area contributed by atoms with Crippen LogP contribution in [0.5, 0.6) is 11.5 Å². The van der Waals surface area contributed by atoms with E-state index >= 15 is 4.39 Å². The van der Waals surface area contributed by atoms with Crippen LogP contribution in [0, 0.1) is 12.7 Å². The van der Waals surface area contributed by atoms with Crippen LogP contribution in [0.15, 0.2) is 48.7 Å². The smallest absolute Gasteiger partial charge is 0.373 e. The van der Waals surface area contributed by atoms with Crippen molar-refractivity contribution in [3.8, 4) is 11.5 Å². The molecule has 2 amide bonds. The monoisotopic (exact) mass is 561 g/mol. The summed E-state index contributed by atoms with van der Waals surface area (Å²) in [6.07, 6.45) is 5.06. The number of aromatic nitrogens is 1. The number of hydrogen-bond donors (Lipinski definition) is 3. The van der Waals surface area contributed by atoms with Crippen molar-refractivity contribution in [1.82, 2.24) is 10.2 Å². The molecule has 2 aromatic carbocycles. The number of para-hydroxylation sites is 1. The molecule has 2 atom stereocenters. The zero-order valence-electron chi connectivity index (χ0n) is 24.0. The lowest BCUT2D eigenvalue weighted by atomic mass is 9.81. The van der Waals surface area contributed by atoms with Gasteiger partial charge in [-0.25, -0.2) is 14.2 Å². The molecule has 1 aromatic heterocycles. The zero-order valence-corrected chi connectivity index (χ0v) is 24.0. The van der Waals surface area contributed by atoms with E-state index in [1.165, 1.54) is 11.0 Å². The molecule has 2 aliphatic rings. The molecule has 0 saturated heterocycles. The van der Waals surface area contributed by atoms with Gasteiger partial charge in [0.2, 0.25) is 0 Å². The molecule has 2 unspecified atom stereocenters. The molecule has 11 heteroatoms. The van der Waals surface area contributed by atoms with Crippen LogP contribution in [-0.4, -0.2) is 49.4 Å². The largest absolute Gasteiger partial charge is 0.497 e. The van der Waals surface area contributed by atoms with E-state index in [1.54, 1.807) is 38.2 Å². The van der Waals surface area contributed by atoms with E-state index in [-0.39, 0.29) is 30.3 Å². The van der Waals surface area contributed by atoms with Crippen molar-refractivity contribution in [2.75, 3.05) is 29.3 Å². The number of carbonyl (C=O) groups is 1. The standard InChI is InChI=1S/C30H37BFN5O4/c1-19-7-5-10-25(32)29(19)36-18-21-17-34-28(33-16-20-11-12-24(40-3)14-27(20)41-4)15-26(21)37(30(36)38)23-9-6-8-22(13-23)35-31(2)39/h5,7,10-12,14-15,17,22-23,35,39H,6,8-9,13,16,18H2,1-4H3,(H,33,34). The fourth-order valence-corrected chi connectivity index (χ4v) is 5.95. The summed E-state index contributed by atoms with van der Waals surface area (Å²) < 4.78 is 25.9. The van der Waals surface area contributed by atoms with Crippen LogP contribution >= 0.6 is 0 Å². The Kier molecular flexibility index (Phi) is 8.65. The molecule has 1 saturated carbocycles. The Bertz CT molecular complexity index is 1390. The Labute approximate surface area is 240 Å². The van der Waals surface area contributed by atoms with Gasteiger partial charge in [0.15, 0.2) is 0 Å². The molecule has 0 spiro atoms. The predicted molar refractivity (Wildman–Crippen MR) is 159 cm³/mol. The number of methoxy groups -OCH3 is 2. The first-order valence-corrected chi connectivity index (χ1v) is 14.0. The number of ether oxygens (including phenoxy) is 2. The van der Waals surface area contributed by atoms with E-state index in [1.807, 2.05) is 37.3 Å². The molecule has 1 fully saturated rings. The molecule has 41 heavy (non-hydrogen) atoms.